The molecule has 0 radical (unpaired) electrons. The summed E-state index contributed by atoms with van der Waals surface area (Å²) in [6.07, 6.45) is 1.44. The first-order valence-electron chi connectivity index (χ1n) is 8.49. The van der Waals surface area contributed by atoms with Crippen molar-refractivity contribution >= 4 is 61.6 Å². The summed E-state index contributed by atoms with van der Waals surface area (Å²) in [6.45, 7) is 3.92. The van der Waals surface area contributed by atoms with Crippen molar-refractivity contribution in [2.75, 3.05) is 16.4 Å². The molecule has 2 heterocycles. The molecule has 0 bridgehead atoms. The molecule has 0 spiro atoms. The van der Waals surface area contributed by atoms with E-state index in [0.717, 1.165) is 12.8 Å². The number of sulfone groups is 1. The molecule has 2 aliphatic rings. The Morgan fingerprint density at radius 2 is 2.00 bits per heavy atom. The zero-order valence-electron chi connectivity index (χ0n) is 14.5. The standard InChI is InChI=1S/C17H20Cl2N2O3S2/c1-3-10(4-2)16(22)20-17-21(13-6-5-11(18)7-12(13)19)14-8-26(23,24)9-15(14)25-17/h5-7,10,14-15H,3-4,8-9H2,1-2H3/t14-,15-/m1/s1. The van der Waals surface area contributed by atoms with Gasteiger partial charge in [-0.15, -0.1) is 0 Å². The van der Waals surface area contributed by atoms with Crippen molar-refractivity contribution < 1.29 is 13.2 Å². The molecule has 1 aromatic rings. The fourth-order valence-corrected chi connectivity index (χ4v) is 7.76. The number of anilines is 1. The number of nitrogens with zero attached hydrogens (tertiary/aromatic N) is 2. The average molecular weight is 435 g/mol. The maximum absolute atomic E-state index is 12.5. The van der Waals surface area contributed by atoms with E-state index in [4.69, 9.17) is 23.2 Å². The molecule has 0 saturated carbocycles. The highest BCUT2D eigenvalue weighted by atomic mass is 35.5. The van der Waals surface area contributed by atoms with E-state index in [9.17, 15) is 13.2 Å². The first-order valence-corrected chi connectivity index (χ1v) is 11.9. The topological polar surface area (TPSA) is 66.8 Å². The predicted octanol–water partition coefficient (Wildman–Crippen LogP) is 4.03. The number of halogens is 2. The quantitative estimate of drug-likeness (QED) is 0.715. The Balaban J connectivity index is 2.02. The van der Waals surface area contributed by atoms with E-state index in [-0.39, 0.29) is 34.6 Å². The largest absolute Gasteiger partial charge is 0.314 e. The second-order valence-corrected chi connectivity index (χ2v) is 10.7. The third-order valence-electron chi connectivity index (χ3n) is 4.78. The van der Waals surface area contributed by atoms with Crippen LogP contribution in [0.2, 0.25) is 10.0 Å². The molecule has 2 atom stereocenters. The van der Waals surface area contributed by atoms with Gasteiger partial charge in [-0.05, 0) is 31.0 Å². The third kappa shape index (κ3) is 3.91. The summed E-state index contributed by atoms with van der Waals surface area (Å²) in [5.74, 6) is -0.186. The van der Waals surface area contributed by atoms with Crippen LogP contribution in [0.4, 0.5) is 5.69 Å². The van der Waals surface area contributed by atoms with Crippen LogP contribution in [-0.4, -0.2) is 42.3 Å². The minimum absolute atomic E-state index is 0.0296. The monoisotopic (exact) mass is 434 g/mol. The van der Waals surface area contributed by atoms with E-state index in [1.165, 1.54) is 11.8 Å². The smallest absolute Gasteiger partial charge is 0.251 e. The predicted molar refractivity (Wildman–Crippen MR) is 109 cm³/mol. The Morgan fingerprint density at radius 1 is 1.31 bits per heavy atom. The van der Waals surface area contributed by atoms with Crippen molar-refractivity contribution in [1.82, 2.24) is 0 Å². The highest BCUT2D eigenvalue weighted by Gasteiger charge is 2.49. The number of carbonyl (C=O) groups is 1. The summed E-state index contributed by atoms with van der Waals surface area (Å²) < 4.78 is 24.2. The van der Waals surface area contributed by atoms with E-state index in [1.54, 1.807) is 23.1 Å². The number of hydrogen-bond donors (Lipinski definition) is 0. The molecule has 142 valence electrons. The summed E-state index contributed by atoms with van der Waals surface area (Å²) in [6, 6.07) is 4.78. The van der Waals surface area contributed by atoms with Crippen molar-refractivity contribution in [2.45, 2.75) is 38.0 Å². The van der Waals surface area contributed by atoms with Gasteiger partial charge in [-0.25, -0.2) is 8.42 Å². The number of benzene rings is 1. The first-order chi connectivity index (χ1) is 12.3. The van der Waals surface area contributed by atoms with Gasteiger partial charge in [-0.2, -0.15) is 4.99 Å². The van der Waals surface area contributed by atoms with Crippen LogP contribution < -0.4 is 4.90 Å². The van der Waals surface area contributed by atoms with Gasteiger partial charge in [0.25, 0.3) is 5.91 Å². The molecule has 0 aliphatic carbocycles. The molecule has 2 fully saturated rings. The number of aliphatic imine (C=N–C) groups is 1. The van der Waals surface area contributed by atoms with Crippen LogP contribution in [0.5, 0.6) is 0 Å². The van der Waals surface area contributed by atoms with Gasteiger partial charge in [0.05, 0.1) is 28.3 Å². The van der Waals surface area contributed by atoms with Crippen molar-refractivity contribution in [3.63, 3.8) is 0 Å². The Kier molecular flexibility index (Phi) is 5.92. The van der Waals surface area contributed by atoms with Gasteiger partial charge in [0, 0.05) is 16.2 Å². The van der Waals surface area contributed by atoms with Gasteiger partial charge in [0.2, 0.25) is 0 Å². The summed E-state index contributed by atoms with van der Waals surface area (Å²) in [7, 11) is -3.12. The SMILES string of the molecule is CCC(CC)C(=O)N=C1S[C@@H]2CS(=O)(=O)C[C@H]2N1c1ccc(Cl)cc1Cl. The van der Waals surface area contributed by atoms with Crippen LogP contribution >= 0.6 is 35.0 Å². The third-order valence-corrected chi connectivity index (χ3v) is 8.52. The lowest BCUT2D eigenvalue weighted by Crippen LogP contribution is -2.38. The minimum atomic E-state index is -3.12. The van der Waals surface area contributed by atoms with Gasteiger partial charge < -0.3 is 4.90 Å². The maximum atomic E-state index is 12.5. The summed E-state index contributed by atoms with van der Waals surface area (Å²) >= 11 is 13.7. The van der Waals surface area contributed by atoms with E-state index < -0.39 is 9.84 Å². The van der Waals surface area contributed by atoms with E-state index >= 15 is 0 Å². The first kappa shape index (κ1) is 20.0. The Hall–Kier alpha value is -0.760. The second-order valence-electron chi connectivity index (χ2n) is 6.51. The van der Waals surface area contributed by atoms with Crippen LogP contribution in [-0.2, 0) is 14.6 Å². The van der Waals surface area contributed by atoms with Gasteiger partial charge >= 0.3 is 0 Å². The minimum Gasteiger partial charge on any atom is -0.314 e. The average Bonchev–Trinajstić information content (AvgIpc) is 3.00. The Morgan fingerprint density at radius 3 is 2.62 bits per heavy atom. The Labute approximate surface area is 168 Å². The fourth-order valence-electron chi connectivity index (χ4n) is 3.35. The lowest BCUT2D eigenvalue weighted by Gasteiger charge is -2.25. The van der Waals surface area contributed by atoms with Crippen LogP contribution in [0.15, 0.2) is 23.2 Å². The number of amides is 1. The van der Waals surface area contributed by atoms with E-state index in [1.807, 2.05) is 13.8 Å². The molecule has 0 aromatic heterocycles. The molecule has 2 aliphatic heterocycles. The molecule has 1 amide bonds. The summed E-state index contributed by atoms with van der Waals surface area (Å²) in [4.78, 5) is 18.7. The van der Waals surface area contributed by atoms with Crippen LogP contribution in [0.3, 0.4) is 0 Å². The molecule has 9 heteroatoms. The maximum Gasteiger partial charge on any atom is 0.251 e. The van der Waals surface area contributed by atoms with E-state index in [2.05, 4.69) is 4.99 Å². The second kappa shape index (κ2) is 7.70. The molecule has 2 saturated heterocycles. The number of amidine groups is 1. The number of hydrogen-bond acceptors (Lipinski definition) is 4. The molecule has 0 N–H and O–H groups in total. The number of rotatable bonds is 4. The highest BCUT2D eigenvalue weighted by Crippen LogP contribution is 2.43. The lowest BCUT2D eigenvalue weighted by molar-refractivity contribution is -0.121. The van der Waals surface area contributed by atoms with Crippen LogP contribution in [0.25, 0.3) is 0 Å². The van der Waals surface area contributed by atoms with Gasteiger partial charge in [0.1, 0.15) is 0 Å². The number of carbonyl (C=O) groups excluding carboxylic acids is 1. The van der Waals surface area contributed by atoms with Crippen LogP contribution in [0, 0.1) is 5.92 Å². The summed E-state index contributed by atoms with van der Waals surface area (Å²) in [5, 5.41) is 1.27. The zero-order chi connectivity index (χ0) is 19.1. The molecule has 5 nitrogen and oxygen atoms in total. The fraction of sp³-hybridized carbons (Fsp3) is 0.529. The molecule has 26 heavy (non-hydrogen) atoms. The van der Waals surface area contributed by atoms with Gasteiger partial charge in [-0.1, -0.05) is 48.8 Å². The highest BCUT2D eigenvalue weighted by molar-refractivity contribution is 8.16. The lowest BCUT2D eigenvalue weighted by atomic mass is 10.0. The molecule has 1 aromatic carbocycles. The van der Waals surface area contributed by atoms with Gasteiger partial charge in [-0.3, -0.25) is 4.79 Å². The Bertz CT molecular complexity index is 854. The zero-order valence-corrected chi connectivity index (χ0v) is 17.6. The van der Waals surface area contributed by atoms with Crippen LogP contribution in [0.1, 0.15) is 26.7 Å². The van der Waals surface area contributed by atoms with E-state index in [0.29, 0.717) is 20.9 Å². The van der Waals surface area contributed by atoms with Crippen molar-refractivity contribution in [2.24, 2.45) is 10.9 Å². The summed E-state index contributed by atoms with van der Waals surface area (Å²) in [5.41, 5.74) is 0.629. The molecule has 3 rings (SSSR count). The van der Waals surface area contributed by atoms with Crippen molar-refractivity contribution in [3.8, 4) is 0 Å². The molecule has 0 unspecified atom stereocenters. The van der Waals surface area contributed by atoms with Gasteiger partial charge in [0.15, 0.2) is 15.0 Å². The molecular formula is C17H20Cl2N2O3S2. The van der Waals surface area contributed by atoms with Crippen molar-refractivity contribution in [3.05, 3.63) is 28.2 Å². The molecular weight excluding hydrogens is 415 g/mol. The number of fused-ring (bicyclic) bond motifs is 1. The normalized spacial score (nSPS) is 25.9. The van der Waals surface area contributed by atoms with Crippen molar-refractivity contribution in [1.29, 1.82) is 0 Å². The number of thioether (sulfide) groups is 1.